The highest BCUT2D eigenvalue weighted by Gasteiger charge is 2.12. The van der Waals surface area contributed by atoms with E-state index in [0.29, 0.717) is 11.6 Å². The molecule has 0 aliphatic heterocycles. The molecular weight excluding hydrogens is 380 g/mol. The minimum Gasteiger partial charge on any atom is -0.346 e. The normalized spacial score (nSPS) is 10.7. The van der Waals surface area contributed by atoms with E-state index in [1.54, 1.807) is 12.4 Å². The van der Waals surface area contributed by atoms with Crippen molar-refractivity contribution in [3.8, 4) is 22.5 Å². The van der Waals surface area contributed by atoms with Crippen molar-refractivity contribution in [2.75, 3.05) is 0 Å². The SMILES string of the molecule is Cc1cc(-c2ncc(CNC(=O)c3nc(-c4ccccc4)cs3)cc2C)ccn1. The molecule has 0 saturated heterocycles. The van der Waals surface area contributed by atoms with Gasteiger partial charge in [-0.3, -0.25) is 14.8 Å². The number of amides is 1. The zero-order chi connectivity index (χ0) is 20.2. The monoisotopic (exact) mass is 400 g/mol. The van der Waals surface area contributed by atoms with Gasteiger partial charge in [0, 0.05) is 41.1 Å². The number of carbonyl (C=O) groups excluding carboxylic acids is 1. The Morgan fingerprint density at radius 1 is 1.03 bits per heavy atom. The summed E-state index contributed by atoms with van der Waals surface area (Å²) < 4.78 is 0. The van der Waals surface area contributed by atoms with Crippen LogP contribution in [-0.4, -0.2) is 20.9 Å². The van der Waals surface area contributed by atoms with E-state index < -0.39 is 0 Å². The van der Waals surface area contributed by atoms with Gasteiger partial charge in [-0.15, -0.1) is 11.3 Å². The number of aromatic nitrogens is 3. The zero-order valence-electron chi connectivity index (χ0n) is 16.2. The summed E-state index contributed by atoms with van der Waals surface area (Å²) in [6.45, 7) is 4.39. The molecule has 6 heteroatoms. The second-order valence-electron chi connectivity index (χ2n) is 6.78. The van der Waals surface area contributed by atoms with E-state index in [-0.39, 0.29) is 5.91 Å². The van der Waals surface area contributed by atoms with E-state index in [9.17, 15) is 4.79 Å². The Kier molecular flexibility index (Phi) is 5.44. The summed E-state index contributed by atoms with van der Waals surface area (Å²) >= 11 is 1.35. The zero-order valence-corrected chi connectivity index (χ0v) is 17.0. The molecule has 0 aliphatic carbocycles. The Labute approximate surface area is 173 Å². The van der Waals surface area contributed by atoms with Crippen LogP contribution in [0.2, 0.25) is 0 Å². The van der Waals surface area contributed by atoms with E-state index in [4.69, 9.17) is 0 Å². The second-order valence-corrected chi connectivity index (χ2v) is 7.64. The molecule has 29 heavy (non-hydrogen) atoms. The molecule has 0 spiro atoms. The van der Waals surface area contributed by atoms with Gasteiger partial charge in [0.05, 0.1) is 11.4 Å². The first-order valence-corrected chi connectivity index (χ1v) is 10.2. The van der Waals surface area contributed by atoms with Crippen LogP contribution < -0.4 is 5.32 Å². The molecule has 1 amide bonds. The largest absolute Gasteiger partial charge is 0.346 e. The van der Waals surface area contributed by atoms with E-state index in [1.165, 1.54) is 11.3 Å². The molecule has 0 fully saturated rings. The average Bonchev–Trinajstić information content (AvgIpc) is 3.23. The van der Waals surface area contributed by atoms with Crippen molar-refractivity contribution in [2.45, 2.75) is 20.4 Å². The maximum absolute atomic E-state index is 12.5. The van der Waals surface area contributed by atoms with Crippen LogP contribution >= 0.6 is 11.3 Å². The first kappa shape index (κ1) is 19.0. The quantitative estimate of drug-likeness (QED) is 0.522. The van der Waals surface area contributed by atoms with Gasteiger partial charge in [0.1, 0.15) is 0 Å². The summed E-state index contributed by atoms with van der Waals surface area (Å²) in [5, 5.41) is 5.29. The van der Waals surface area contributed by atoms with Gasteiger partial charge >= 0.3 is 0 Å². The van der Waals surface area contributed by atoms with Crippen molar-refractivity contribution in [1.29, 1.82) is 0 Å². The number of thiazole rings is 1. The van der Waals surface area contributed by atoms with Gasteiger partial charge in [0.25, 0.3) is 5.91 Å². The Morgan fingerprint density at radius 2 is 1.86 bits per heavy atom. The number of pyridine rings is 2. The molecule has 4 aromatic rings. The van der Waals surface area contributed by atoms with Crippen LogP contribution in [-0.2, 0) is 6.54 Å². The number of carbonyl (C=O) groups is 1. The maximum Gasteiger partial charge on any atom is 0.280 e. The predicted octanol–water partition coefficient (Wildman–Crippen LogP) is 4.81. The first-order chi connectivity index (χ1) is 14.1. The molecular formula is C23H20N4OS. The van der Waals surface area contributed by atoms with Crippen molar-refractivity contribution in [3.05, 3.63) is 88.1 Å². The number of nitrogens with one attached hydrogen (secondary N) is 1. The summed E-state index contributed by atoms with van der Waals surface area (Å²) in [7, 11) is 0. The Bertz CT molecular complexity index is 1150. The number of hydrogen-bond acceptors (Lipinski definition) is 5. The third-order valence-electron chi connectivity index (χ3n) is 4.53. The number of rotatable bonds is 5. The van der Waals surface area contributed by atoms with Gasteiger partial charge < -0.3 is 5.32 Å². The van der Waals surface area contributed by atoms with Gasteiger partial charge in [0.2, 0.25) is 0 Å². The predicted molar refractivity (Wildman–Crippen MR) is 116 cm³/mol. The first-order valence-electron chi connectivity index (χ1n) is 9.28. The van der Waals surface area contributed by atoms with Gasteiger partial charge in [-0.25, -0.2) is 4.98 Å². The van der Waals surface area contributed by atoms with E-state index >= 15 is 0 Å². The molecule has 0 bridgehead atoms. The van der Waals surface area contributed by atoms with Gasteiger partial charge in [-0.1, -0.05) is 36.4 Å². The van der Waals surface area contributed by atoms with Crippen molar-refractivity contribution >= 4 is 17.2 Å². The summed E-state index contributed by atoms with van der Waals surface area (Å²) in [4.78, 5) is 25.8. The molecule has 1 N–H and O–H groups in total. The summed E-state index contributed by atoms with van der Waals surface area (Å²) in [6.07, 6.45) is 3.59. The third kappa shape index (κ3) is 4.38. The van der Waals surface area contributed by atoms with Crippen LogP contribution in [0.5, 0.6) is 0 Å². The molecule has 144 valence electrons. The van der Waals surface area contributed by atoms with E-state index in [1.807, 2.05) is 61.7 Å². The number of hydrogen-bond donors (Lipinski definition) is 1. The molecule has 1 aromatic carbocycles. The topological polar surface area (TPSA) is 67.8 Å². The molecule has 0 radical (unpaired) electrons. The summed E-state index contributed by atoms with van der Waals surface area (Å²) in [5.41, 5.74) is 6.76. The highest BCUT2D eigenvalue weighted by Crippen LogP contribution is 2.23. The average molecular weight is 401 g/mol. The Morgan fingerprint density at radius 3 is 2.62 bits per heavy atom. The minimum absolute atomic E-state index is 0.177. The molecule has 3 aromatic heterocycles. The molecule has 5 nitrogen and oxygen atoms in total. The summed E-state index contributed by atoms with van der Waals surface area (Å²) in [6, 6.07) is 15.9. The van der Waals surface area contributed by atoms with Crippen molar-refractivity contribution in [3.63, 3.8) is 0 Å². The Hall–Kier alpha value is -3.38. The fourth-order valence-corrected chi connectivity index (χ4v) is 3.84. The molecule has 0 saturated carbocycles. The van der Waals surface area contributed by atoms with Crippen LogP contribution in [0.1, 0.15) is 26.6 Å². The fraction of sp³-hybridized carbons (Fsp3) is 0.130. The molecule has 3 heterocycles. The highest BCUT2D eigenvalue weighted by molar-refractivity contribution is 7.12. The van der Waals surface area contributed by atoms with Gasteiger partial charge in [-0.2, -0.15) is 0 Å². The highest BCUT2D eigenvalue weighted by atomic mass is 32.1. The number of nitrogens with zero attached hydrogens (tertiary/aromatic N) is 3. The van der Waals surface area contributed by atoms with Crippen molar-refractivity contribution in [1.82, 2.24) is 20.3 Å². The molecule has 0 aliphatic rings. The number of benzene rings is 1. The minimum atomic E-state index is -0.177. The standard InChI is InChI=1S/C23H20N4OS/c1-15-10-17(12-25-21(15)19-8-9-24-16(2)11-19)13-26-22(28)23-27-20(14-29-23)18-6-4-3-5-7-18/h3-12,14H,13H2,1-2H3,(H,26,28). The van der Waals surface area contributed by atoms with E-state index in [0.717, 1.165) is 39.3 Å². The van der Waals surface area contributed by atoms with Gasteiger partial charge in [-0.05, 0) is 37.1 Å². The van der Waals surface area contributed by atoms with E-state index in [2.05, 4.69) is 26.3 Å². The van der Waals surface area contributed by atoms with Crippen LogP contribution in [0, 0.1) is 13.8 Å². The third-order valence-corrected chi connectivity index (χ3v) is 5.37. The Balaban J connectivity index is 1.43. The lowest BCUT2D eigenvalue weighted by molar-refractivity contribution is 0.0950. The van der Waals surface area contributed by atoms with Crippen LogP contribution in [0.3, 0.4) is 0 Å². The lowest BCUT2D eigenvalue weighted by atomic mass is 10.1. The molecule has 0 unspecified atom stereocenters. The van der Waals surface area contributed by atoms with Crippen molar-refractivity contribution < 1.29 is 4.79 Å². The molecule has 4 rings (SSSR count). The number of aryl methyl sites for hydroxylation is 2. The lowest BCUT2D eigenvalue weighted by Gasteiger charge is -2.09. The van der Waals surface area contributed by atoms with Crippen LogP contribution in [0.25, 0.3) is 22.5 Å². The maximum atomic E-state index is 12.5. The fourth-order valence-electron chi connectivity index (χ4n) is 3.10. The smallest absolute Gasteiger partial charge is 0.280 e. The van der Waals surface area contributed by atoms with Crippen LogP contribution in [0.15, 0.2) is 66.3 Å². The molecule has 0 atom stereocenters. The summed E-state index contributed by atoms with van der Waals surface area (Å²) in [5.74, 6) is -0.177. The lowest BCUT2D eigenvalue weighted by Crippen LogP contribution is -2.22. The van der Waals surface area contributed by atoms with Gasteiger partial charge in [0.15, 0.2) is 5.01 Å². The van der Waals surface area contributed by atoms with Crippen LogP contribution in [0.4, 0.5) is 0 Å². The second kappa shape index (κ2) is 8.32. The van der Waals surface area contributed by atoms with Crippen molar-refractivity contribution in [2.24, 2.45) is 0 Å².